The molecule has 7 heteroatoms. The van der Waals surface area contributed by atoms with Crippen LogP contribution in [0.1, 0.15) is 49.2 Å². The Morgan fingerprint density at radius 1 is 1.55 bits per heavy atom. The molecule has 0 aromatic carbocycles. The number of urea groups is 1. The maximum Gasteiger partial charge on any atom is 0.322 e. The van der Waals surface area contributed by atoms with Crippen LogP contribution in [0, 0.1) is 6.92 Å². The normalized spacial score (nSPS) is 18.5. The first-order valence-corrected chi connectivity index (χ1v) is 7.72. The molecule has 0 aliphatic carbocycles. The highest BCUT2D eigenvalue weighted by atomic mass is 16.5. The Kier molecular flexibility index (Phi) is 4.13. The van der Waals surface area contributed by atoms with Crippen LogP contribution in [0.5, 0.6) is 0 Å². The van der Waals surface area contributed by atoms with Gasteiger partial charge in [0.25, 0.3) is 0 Å². The molecular formula is C15H21N5O2. The van der Waals surface area contributed by atoms with E-state index in [9.17, 15) is 4.79 Å². The highest BCUT2D eigenvalue weighted by Crippen LogP contribution is 2.31. The first-order chi connectivity index (χ1) is 10.7. The second-order valence-electron chi connectivity index (χ2n) is 5.58. The number of nitrogens with one attached hydrogen (secondary N) is 2. The van der Waals surface area contributed by atoms with Crippen molar-refractivity contribution in [1.82, 2.24) is 20.3 Å². The number of aryl methyl sites for hydroxylation is 2. The second-order valence-corrected chi connectivity index (χ2v) is 5.58. The number of hydrogen-bond acceptors (Lipinski definition) is 4. The van der Waals surface area contributed by atoms with E-state index in [2.05, 4.69) is 20.7 Å². The summed E-state index contributed by atoms with van der Waals surface area (Å²) < 4.78 is 5.18. The summed E-state index contributed by atoms with van der Waals surface area (Å²) in [5.74, 6) is 0.641. The predicted octanol–water partition coefficient (Wildman–Crippen LogP) is 3.03. The summed E-state index contributed by atoms with van der Waals surface area (Å²) in [6.07, 6.45) is 7.46. The molecule has 1 aliphatic heterocycles. The van der Waals surface area contributed by atoms with E-state index >= 15 is 0 Å². The van der Waals surface area contributed by atoms with Crippen LogP contribution in [0.25, 0.3) is 0 Å². The number of carbonyl (C=O) groups excluding carboxylic acids is 1. The zero-order valence-corrected chi connectivity index (χ0v) is 12.9. The molecule has 0 unspecified atom stereocenters. The van der Waals surface area contributed by atoms with E-state index in [1.807, 2.05) is 24.9 Å². The Balaban J connectivity index is 1.79. The third kappa shape index (κ3) is 2.70. The first-order valence-electron chi connectivity index (χ1n) is 7.72. The maximum absolute atomic E-state index is 12.7. The Morgan fingerprint density at radius 3 is 3.14 bits per heavy atom. The number of anilines is 1. The Hall–Kier alpha value is -2.31. The van der Waals surface area contributed by atoms with E-state index in [1.54, 1.807) is 6.20 Å². The van der Waals surface area contributed by atoms with Crippen molar-refractivity contribution in [3.05, 3.63) is 29.4 Å². The van der Waals surface area contributed by atoms with Crippen LogP contribution in [0.3, 0.4) is 0 Å². The summed E-state index contributed by atoms with van der Waals surface area (Å²) >= 11 is 0. The van der Waals surface area contributed by atoms with Gasteiger partial charge in [-0.2, -0.15) is 5.10 Å². The van der Waals surface area contributed by atoms with Crippen molar-refractivity contribution in [2.24, 2.45) is 0 Å². The van der Waals surface area contributed by atoms with Gasteiger partial charge in [-0.15, -0.1) is 0 Å². The minimum atomic E-state index is -0.105. The second kappa shape index (κ2) is 6.21. The third-order valence-electron chi connectivity index (χ3n) is 4.17. The quantitative estimate of drug-likeness (QED) is 0.912. The molecule has 0 spiro atoms. The molecule has 22 heavy (non-hydrogen) atoms. The van der Waals surface area contributed by atoms with Crippen molar-refractivity contribution in [3.63, 3.8) is 0 Å². The summed E-state index contributed by atoms with van der Waals surface area (Å²) in [6, 6.07) is -0.0374. The number of H-pyrrole nitrogens is 1. The van der Waals surface area contributed by atoms with Gasteiger partial charge in [0.15, 0.2) is 5.76 Å². The summed E-state index contributed by atoms with van der Waals surface area (Å²) in [5, 5.41) is 13.8. The monoisotopic (exact) mass is 303 g/mol. The molecule has 3 heterocycles. The van der Waals surface area contributed by atoms with Crippen molar-refractivity contribution < 1.29 is 9.32 Å². The van der Waals surface area contributed by atoms with Crippen molar-refractivity contribution in [1.29, 1.82) is 0 Å². The van der Waals surface area contributed by atoms with E-state index in [-0.39, 0.29) is 12.1 Å². The van der Waals surface area contributed by atoms with Gasteiger partial charge in [-0.05, 0) is 32.6 Å². The van der Waals surface area contributed by atoms with Gasteiger partial charge in [0.2, 0.25) is 0 Å². The van der Waals surface area contributed by atoms with Crippen LogP contribution in [0.15, 0.2) is 16.9 Å². The predicted molar refractivity (Wildman–Crippen MR) is 81.5 cm³/mol. The fourth-order valence-electron chi connectivity index (χ4n) is 2.96. The lowest BCUT2D eigenvalue weighted by Crippen LogP contribution is -2.41. The minimum absolute atomic E-state index is 0.0674. The fourth-order valence-corrected chi connectivity index (χ4v) is 2.96. The lowest BCUT2D eigenvalue weighted by molar-refractivity contribution is 0.163. The molecule has 1 atom stereocenters. The lowest BCUT2D eigenvalue weighted by atomic mass is 9.98. The van der Waals surface area contributed by atoms with Crippen LogP contribution < -0.4 is 5.32 Å². The van der Waals surface area contributed by atoms with Gasteiger partial charge in [0.05, 0.1) is 12.2 Å². The van der Waals surface area contributed by atoms with Crippen molar-refractivity contribution in [3.8, 4) is 0 Å². The summed E-state index contributed by atoms with van der Waals surface area (Å²) in [7, 11) is 0. The van der Waals surface area contributed by atoms with Crippen LogP contribution >= 0.6 is 0 Å². The average molecular weight is 303 g/mol. The van der Waals surface area contributed by atoms with Gasteiger partial charge in [0.1, 0.15) is 11.4 Å². The smallest absolute Gasteiger partial charge is 0.322 e. The van der Waals surface area contributed by atoms with Gasteiger partial charge in [-0.3, -0.25) is 5.10 Å². The topological polar surface area (TPSA) is 87.1 Å². The van der Waals surface area contributed by atoms with Crippen LogP contribution in [-0.4, -0.2) is 32.8 Å². The third-order valence-corrected chi connectivity index (χ3v) is 4.17. The molecule has 2 N–H and O–H groups in total. The first kappa shape index (κ1) is 14.6. The number of carbonyl (C=O) groups is 1. The molecule has 1 saturated heterocycles. The lowest BCUT2D eigenvalue weighted by Gasteiger charge is -2.35. The minimum Gasteiger partial charge on any atom is -0.359 e. The van der Waals surface area contributed by atoms with Gasteiger partial charge >= 0.3 is 6.03 Å². The Labute approximate surface area is 129 Å². The van der Waals surface area contributed by atoms with E-state index in [0.29, 0.717) is 11.4 Å². The molecule has 0 radical (unpaired) electrons. The molecule has 2 aromatic heterocycles. The number of nitrogens with zero attached hydrogens (tertiary/aromatic N) is 3. The summed E-state index contributed by atoms with van der Waals surface area (Å²) in [4.78, 5) is 14.6. The van der Waals surface area contributed by atoms with Crippen molar-refractivity contribution >= 4 is 11.7 Å². The molecule has 7 nitrogen and oxygen atoms in total. The number of aromatic nitrogens is 3. The molecular weight excluding hydrogens is 282 g/mol. The zero-order chi connectivity index (χ0) is 15.5. The molecule has 0 saturated carbocycles. The summed E-state index contributed by atoms with van der Waals surface area (Å²) in [5.41, 5.74) is 2.53. The number of rotatable bonds is 3. The number of likely N-dealkylation sites (tertiary alicyclic amines) is 1. The van der Waals surface area contributed by atoms with E-state index in [1.165, 1.54) is 0 Å². The molecule has 1 aliphatic rings. The highest BCUT2D eigenvalue weighted by molar-refractivity contribution is 5.90. The Bertz CT molecular complexity index is 634. The largest absolute Gasteiger partial charge is 0.359 e. The van der Waals surface area contributed by atoms with Crippen molar-refractivity contribution in [2.45, 2.75) is 45.6 Å². The van der Waals surface area contributed by atoms with E-state index < -0.39 is 0 Å². The highest BCUT2D eigenvalue weighted by Gasteiger charge is 2.29. The van der Waals surface area contributed by atoms with E-state index in [4.69, 9.17) is 4.52 Å². The maximum atomic E-state index is 12.7. The van der Waals surface area contributed by atoms with Gasteiger partial charge in [0, 0.05) is 18.3 Å². The zero-order valence-electron chi connectivity index (χ0n) is 12.9. The van der Waals surface area contributed by atoms with Gasteiger partial charge < -0.3 is 14.7 Å². The standard InChI is InChI=1S/C15H21N5O2/c1-3-12-14(10(2)22-19-12)18-15(21)20-7-5-4-6-13(20)11-8-16-17-9-11/h8-9,13H,3-7H2,1-2H3,(H,16,17)(H,18,21)/t13-/m1/s1. The fraction of sp³-hybridized carbons (Fsp3) is 0.533. The van der Waals surface area contributed by atoms with Crippen LogP contribution in [0.2, 0.25) is 0 Å². The number of hydrogen-bond donors (Lipinski definition) is 2. The molecule has 0 bridgehead atoms. The van der Waals surface area contributed by atoms with Gasteiger partial charge in [-0.25, -0.2) is 4.79 Å². The van der Waals surface area contributed by atoms with Gasteiger partial charge in [-0.1, -0.05) is 12.1 Å². The number of amides is 2. The van der Waals surface area contributed by atoms with Crippen LogP contribution in [-0.2, 0) is 6.42 Å². The average Bonchev–Trinajstić information content (AvgIpc) is 3.18. The van der Waals surface area contributed by atoms with E-state index in [0.717, 1.165) is 43.5 Å². The molecule has 1 fully saturated rings. The molecule has 2 aromatic rings. The molecule has 3 rings (SSSR count). The number of aromatic amines is 1. The SMILES string of the molecule is CCc1noc(C)c1NC(=O)N1CCCC[C@@H]1c1cn[nH]c1. The Morgan fingerprint density at radius 2 is 2.41 bits per heavy atom. The summed E-state index contributed by atoms with van der Waals surface area (Å²) in [6.45, 7) is 4.54. The molecule has 2 amide bonds. The van der Waals surface area contributed by atoms with Crippen molar-refractivity contribution in [2.75, 3.05) is 11.9 Å². The van der Waals surface area contributed by atoms with Crippen LogP contribution in [0.4, 0.5) is 10.5 Å². The molecule has 118 valence electrons. The number of piperidine rings is 1.